The Morgan fingerprint density at radius 1 is 1.00 bits per heavy atom. The molecule has 1 unspecified atom stereocenters. The molecule has 6 heteroatoms. The zero-order valence-corrected chi connectivity index (χ0v) is 13.3. The number of fused-ring (bicyclic) bond motifs is 1. The lowest BCUT2D eigenvalue weighted by Gasteiger charge is -2.15. The Hall–Kier alpha value is -2.73. The fourth-order valence-corrected chi connectivity index (χ4v) is 3.38. The summed E-state index contributed by atoms with van der Waals surface area (Å²) in [7, 11) is 0. The van der Waals surface area contributed by atoms with Gasteiger partial charge in [0.2, 0.25) is 0 Å². The molecule has 4 aromatic rings. The normalized spacial score (nSPS) is 12.4. The number of nitrogens with zero attached hydrogens (tertiary/aromatic N) is 3. The van der Waals surface area contributed by atoms with Crippen molar-refractivity contribution in [1.29, 1.82) is 0 Å². The first-order chi connectivity index (χ1) is 11.3. The summed E-state index contributed by atoms with van der Waals surface area (Å²) in [5, 5.41) is 11.6. The number of H-pyrrole nitrogens is 1. The molecule has 2 aromatic carbocycles. The standard InChI is InChI=1S/C17H15N5S/c1-11-18-16(22-21-11)15(12-7-3-2-4-8-12)20-17-19-13-9-5-6-10-14(13)23-17/h2-10,15H,1H3,(H,19,20)(H,18,21,22). The van der Waals surface area contributed by atoms with Crippen molar-refractivity contribution in [1.82, 2.24) is 20.2 Å². The van der Waals surface area contributed by atoms with Crippen LogP contribution in [0, 0.1) is 6.92 Å². The van der Waals surface area contributed by atoms with Crippen LogP contribution in [0.15, 0.2) is 54.6 Å². The molecular formula is C17H15N5S. The van der Waals surface area contributed by atoms with Gasteiger partial charge in [0.1, 0.15) is 11.9 Å². The minimum absolute atomic E-state index is 0.137. The first-order valence-corrected chi connectivity index (χ1v) is 8.17. The van der Waals surface area contributed by atoms with E-state index in [9.17, 15) is 0 Å². The van der Waals surface area contributed by atoms with Crippen LogP contribution in [0.5, 0.6) is 0 Å². The molecule has 0 aliphatic rings. The van der Waals surface area contributed by atoms with Crippen molar-refractivity contribution in [2.75, 3.05) is 5.32 Å². The number of rotatable bonds is 4. The van der Waals surface area contributed by atoms with Gasteiger partial charge >= 0.3 is 0 Å². The number of anilines is 1. The summed E-state index contributed by atoms with van der Waals surface area (Å²) in [6.45, 7) is 1.90. The molecule has 0 spiro atoms. The Labute approximate surface area is 137 Å². The lowest BCUT2D eigenvalue weighted by atomic mass is 10.1. The van der Waals surface area contributed by atoms with E-state index in [2.05, 4.69) is 43.7 Å². The molecule has 0 fully saturated rings. The molecule has 1 atom stereocenters. The number of hydrogen-bond donors (Lipinski definition) is 2. The van der Waals surface area contributed by atoms with Crippen molar-refractivity contribution < 1.29 is 0 Å². The number of aromatic nitrogens is 4. The molecule has 2 N–H and O–H groups in total. The van der Waals surface area contributed by atoms with Crippen molar-refractivity contribution >= 4 is 26.7 Å². The fraction of sp³-hybridized carbons (Fsp3) is 0.118. The Morgan fingerprint density at radius 3 is 2.52 bits per heavy atom. The predicted octanol–water partition coefficient (Wildman–Crippen LogP) is 3.92. The van der Waals surface area contributed by atoms with Gasteiger partial charge in [-0.3, -0.25) is 5.10 Å². The number of aromatic amines is 1. The average molecular weight is 321 g/mol. The van der Waals surface area contributed by atoms with E-state index in [1.54, 1.807) is 11.3 Å². The van der Waals surface area contributed by atoms with E-state index in [1.165, 1.54) is 0 Å². The first kappa shape index (κ1) is 13.9. The molecule has 114 valence electrons. The summed E-state index contributed by atoms with van der Waals surface area (Å²) in [4.78, 5) is 9.14. The maximum absolute atomic E-state index is 4.65. The Kier molecular flexibility index (Phi) is 3.51. The van der Waals surface area contributed by atoms with Crippen molar-refractivity contribution in [2.24, 2.45) is 0 Å². The van der Waals surface area contributed by atoms with Gasteiger partial charge < -0.3 is 5.32 Å². The van der Waals surface area contributed by atoms with E-state index >= 15 is 0 Å². The third kappa shape index (κ3) is 2.80. The zero-order valence-electron chi connectivity index (χ0n) is 12.5. The van der Waals surface area contributed by atoms with Crippen LogP contribution in [0.2, 0.25) is 0 Å². The molecule has 5 nitrogen and oxygen atoms in total. The molecule has 0 saturated carbocycles. The number of benzene rings is 2. The van der Waals surface area contributed by atoms with Gasteiger partial charge in [0.25, 0.3) is 0 Å². The monoisotopic (exact) mass is 321 g/mol. The summed E-state index contributed by atoms with van der Waals surface area (Å²) in [5.41, 5.74) is 2.10. The second-order valence-electron chi connectivity index (χ2n) is 5.25. The van der Waals surface area contributed by atoms with E-state index in [0.29, 0.717) is 5.82 Å². The highest BCUT2D eigenvalue weighted by molar-refractivity contribution is 7.22. The highest BCUT2D eigenvalue weighted by atomic mass is 32.1. The van der Waals surface area contributed by atoms with Crippen molar-refractivity contribution in [3.8, 4) is 0 Å². The van der Waals surface area contributed by atoms with Crippen LogP contribution in [0.1, 0.15) is 23.3 Å². The molecule has 2 heterocycles. The number of hydrogen-bond acceptors (Lipinski definition) is 5. The summed E-state index contributed by atoms with van der Waals surface area (Å²) in [6.07, 6.45) is 0. The van der Waals surface area contributed by atoms with Crippen LogP contribution < -0.4 is 5.32 Å². The van der Waals surface area contributed by atoms with E-state index < -0.39 is 0 Å². The summed E-state index contributed by atoms with van der Waals surface area (Å²) in [6, 6.07) is 18.1. The quantitative estimate of drug-likeness (QED) is 0.598. The third-order valence-corrected chi connectivity index (χ3v) is 4.53. The van der Waals surface area contributed by atoms with Gasteiger partial charge in [-0.25, -0.2) is 9.97 Å². The van der Waals surface area contributed by atoms with Gasteiger partial charge in [-0.1, -0.05) is 53.8 Å². The van der Waals surface area contributed by atoms with Crippen LogP contribution in [0.25, 0.3) is 10.2 Å². The maximum Gasteiger partial charge on any atom is 0.184 e. The SMILES string of the molecule is Cc1nc(C(Nc2nc3ccccc3s2)c2ccccc2)n[nH]1. The largest absolute Gasteiger partial charge is 0.347 e. The topological polar surface area (TPSA) is 66.5 Å². The van der Waals surface area contributed by atoms with Crippen molar-refractivity contribution in [3.63, 3.8) is 0 Å². The molecule has 23 heavy (non-hydrogen) atoms. The zero-order chi connectivity index (χ0) is 15.6. The Balaban J connectivity index is 1.73. The van der Waals surface area contributed by atoms with Gasteiger partial charge in [-0.2, -0.15) is 5.10 Å². The van der Waals surface area contributed by atoms with Crippen molar-refractivity contribution in [3.05, 3.63) is 71.8 Å². The van der Waals surface area contributed by atoms with E-state index in [0.717, 1.165) is 26.7 Å². The van der Waals surface area contributed by atoms with E-state index in [1.807, 2.05) is 43.3 Å². The fourth-order valence-electron chi connectivity index (χ4n) is 2.49. The molecule has 0 radical (unpaired) electrons. The molecular weight excluding hydrogens is 306 g/mol. The predicted molar refractivity (Wildman–Crippen MR) is 92.6 cm³/mol. The number of aryl methyl sites for hydroxylation is 1. The lowest BCUT2D eigenvalue weighted by molar-refractivity contribution is 0.835. The van der Waals surface area contributed by atoms with Gasteiger partial charge in [0.15, 0.2) is 11.0 Å². The number of nitrogens with one attached hydrogen (secondary N) is 2. The molecule has 0 saturated heterocycles. The lowest BCUT2D eigenvalue weighted by Crippen LogP contribution is -2.14. The molecule has 0 aliphatic heterocycles. The minimum atomic E-state index is -0.137. The molecule has 0 aliphatic carbocycles. The van der Waals surface area contributed by atoms with Gasteiger partial charge in [0.05, 0.1) is 10.2 Å². The molecule has 2 aromatic heterocycles. The maximum atomic E-state index is 4.65. The van der Waals surface area contributed by atoms with Crippen molar-refractivity contribution in [2.45, 2.75) is 13.0 Å². The summed E-state index contributed by atoms with van der Waals surface area (Å²) in [5.74, 6) is 1.51. The number of thiazole rings is 1. The van der Waals surface area contributed by atoms with E-state index in [-0.39, 0.29) is 6.04 Å². The summed E-state index contributed by atoms with van der Waals surface area (Å²) < 4.78 is 1.16. The number of para-hydroxylation sites is 1. The first-order valence-electron chi connectivity index (χ1n) is 7.35. The van der Waals surface area contributed by atoms with Crippen LogP contribution in [0.4, 0.5) is 5.13 Å². The Morgan fingerprint density at radius 2 is 1.78 bits per heavy atom. The molecule has 4 rings (SSSR count). The third-order valence-electron chi connectivity index (χ3n) is 3.57. The summed E-state index contributed by atoms with van der Waals surface area (Å²) >= 11 is 1.63. The highest BCUT2D eigenvalue weighted by Crippen LogP contribution is 2.30. The van der Waals surface area contributed by atoms with Crippen LogP contribution in [0.3, 0.4) is 0 Å². The highest BCUT2D eigenvalue weighted by Gasteiger charge is 2.19. The Bertz CT molecular complexity index is 895. The van der Waals surface area contributed by atoms with Crippen LogP contribution in [-0.4, -0.2) is 20.2 Å². The average Bonchev–Trinajstić information content (AvgIpc) is 3.19. The minimum Gasteiger partial charge on any atom is -0.347 e. The molecule has 0 bridgehead atoms. The van der Waals surface area contributed by atoms with Gasteiger partial charge in [-0.05, 0) is 24.6 Å². The second-order valence-corrected chi connectivity index (χ2v) is 6.28. The van der Waals surface area contributed by atoms with E-state index in [4.69, 9.17) is 0 Å². The van der Waals surface area contributed by atoms with Crippen LogP contribution in [-0.2, 0) is 0 Å². The van der Waals surface area contributed by atoms with Gasteiger partial charge in [-0.15, -0.1) is 0 Å². The smallest absolute Gasteiger partial charge is 0.184 e. The molecule has 0 amide bonds. The van der Waals surface area contributed by atoms with Gasteiger partial charge in [0, 0.05) is 0 Å². The second kappa shape index (κ2) is 5.81. The van der Waals surface area contributed by atoms with Crippen LogP contribution >= 0.6 is 11.3 Å².